The highest BCUT2D eigenvalue weighted by atomic mass is 79.9. The van der Waals surface area contributed by atoms with E-state index in [-0.39, 0.29) is 0 Å². The van der Waals surface area contributed by atoms with Gasteiger partial charge in [0.1, 0.15) is 5.82 Å². The number of halogens is 2. The number of nitrogens with zero attached hydrogens (tertiary/aromatic N) is 1. The lowest BCUT2D eigenvalue weighted by molar-refractivity contribution is 0.566. The standard InChI is InChI=1S/C12H14BrClN2/c13-9-5-10(14)12(15-6-9)16-11(7-1-2-7)8-3-4-8/h5-8,11H,1-4H2,(H,15,16). The second-order valence-electron chi connectivity index (χ2n) is 4.83. The second-order valence-corrected chi connectivity index (χ2v) is 6.15. The summed E-state index contributed by atoms with van der Waals surface area (Å²) in [7, 11) is 0. The monoisotopic (exact) mass is 300 g/mol. The van der Waals surface area contributed by atoms with Crippen molar-refractivity contribution >= 4 is 33.3 Å². The molecular weight excluding hydrogens is 288 g/mol. The van der Waals surface area contributed by atoms with E-state index in [1.807, 2.05) is 6.07 Å². The summed E-state index contributed by atoms with van der Waals surface area (Å²) in [5, 5.41) is 4.24. The molecule has 2 aliphatic rings. The number of pyridine rings is 1. The SMILES string of the molecule is Clc1cc(Br)cnc1NC(C1CC1)C1CC1. The van der Waals surface area contributed by atoms with Gasteiger partial charge in [-0.1, -0.05) is 11.6 Å². The number of anilines is 1. The molecule has 4 heteroatoms. The first-order valence-electron chi connectivity index (χ1n) is 5.81. The van der Waals surface area contributed by atoms with Crippen LogP contribution < -0.4 is 5.32 Å². The summed E-state index contributed by atoms with van der Waals surface area (Å²) < 4.78 is 0.928. The van der Waals surface area contributed by atoms with Crippen LogP contribution in [0.4, 0.5) is 5.82 Å². The van der Waals surface area contributed by atoms with Crippen molar-refractivity contribution in [2.24, 2.45) is 11.8 Å². The molecule has 1 N–H and O–H groups in total. The average Bonchev–Trinajstić information content (AvgIpc) is 3.11. The minimum Gasteiger partial charge on any atom is -0.366 e. The third-order valence-electron chi connectivity index (χ3n) is 3.37. The van der Waals surface area contributed by atoms with Gasteiger partial charge in [-0.3, -0.25) is 0 Å². The number of hydrogen-bond donors (Lipinski definition) is 1. The van der Waals surface area contributed by atoms with Crippen molar-refractivity contribution in [2.75, 3.05) is 5.32 Å². The van der Waals surface area contributed by atoms with E-state index in [0.29, 0.717) is 11.1 Å². The van der Waals surface area contributed by atoms with E-state index in [9.17, 15) is 0 Å². The topological polar surface area (TPSA) is 24.9 Å². The van der Waals surface area contributed by atoms with Gasteiger partial charge in [0.25, 0.3) is 0 Å². The minimum absolute atomic E-state index is 0.603. The summed E-state index contributed by atoms with van der Waals surface area (Å²) in [4.78, 5) is 4.35. The van der Waals surface area contributed by atoms with Gasteiger partial charge < -0.3 is 5.32 Å². The van der Waals surface area contributed by atoms with Crippen LogP contribution in [-0.2, 0) is 0 Å². The van der Waals surface area contributed by atoms with E-state index in [0.717, 1.165) is 22.1 Å². The smallest absolute Gasteiger partial charge is 0.145 e. The van der Waals surface area contributed by atoms with Crippen molar-refractivity contribution < 1.29 is 0 Å². The van der Waals surface area contributed by atoms with Crippen LogP contribution in [-0.4, -0.2) is 11.0 Å². The van der Waals surface area contributed by atoms with Crippen LogP contribution in [0.5, 0.6) is 0 Å². The lowest BCUT2D eigenvalue weighted by Crippen LogP contribution is -2.24. The lowest BCUT2D eigenvalue weighted by Gasteiger charge is -2.19. The number of rotatable bonds is 4. The summed E-state index contributed by atoms with van der Waals surface area (Å²) in [6, 6.07) is 2.50. The predicted octanol–water partition coefficient (Wildman–Crippen LogP) is 4.10. The van der Waals surface area contributed by atoms with Gasteiger partial charge >= 0.3 is 0 Å². The maximum atomic E-state index is 6.17. The molecule has 16 heavy (non-hydrogen) atoms. The van der Waals surface area contributed by atoms with Gasteiger partial charge in [-0.25, -0.2) is 4.98 Å². The van der Waals surface area contributed by atoms with E-state index in [1.54, 1.807) is 6.20 Å². The molecule has 0 aliphatic heterocycles. The van der Waals surface area contributed by atoms with Crippen LogP contribution in [0.15, 0.2) is 16.7 Å². The van der Waals surface area contributed by atoms with Crippen LogP contribution in [0.3, 0.4) is 0 Å². The molecule has 2 aliphatic carbocycles. The Kier molecular flexibility index (Phi) is 2.84. The Bertz CT molecular complexity index is 390. The van der Waals surface area contributed by atoms with Crippen LogP contribution in [0, 0.1) is 11.8 Å². The summed E-state index contributed by atoms with van der Waals surface area (Å²) in [5.41, 5.74) is 0. The Morgan fingerprint density at radius 1 is 1.31 bits per heavy atom. The van der Waals surface area contributed by atoms with Crippen molar-refractivity contribution in [3.05, 3.63) is 21.8 Å². The Morgan fingerprint density at radius 2 is 1.94 bits per heavy atom. The van der Waals surface area contributed by atoms with Gasteiger partial charge in [0.2, 0.25) is 0 Å². The van der Waals surface area contributed by atoms with E-state index < -0.39 is 0 Å². The first kappa shape index (κ1) is 10.8. The minimum atomic E-state index is 0.603. The molecule has 0 aromatic carbocycles. The number of hydrogen-bond acceptors (Lipinski definition) is 2. The predicted molar refractivity (Wildman–Crippen MR) is 69.8 cm³/mol. The molecular formula is C12H14BrClN2. The summed E-state index contributed by atoms with van der Waals surface area (Å²) in [5.74, 6) is 2.55. The van der Waals surface area contributed by atoms with Crippen molar-refractivity contribution in [1.29, 1.82) is 0 Å². The van der Waals surface area contributed by atoms with Crippen molar-refractivity contribution in [3.63, 3.8) is 0 Å². The van der Waals surface area contributed by atoms with Gasteiger partial charge in [-0.05, 0) is 59.5 Å². The van der Waals surface area contributed by atoms with Crippen molar-refractivity contribution in [1.82, 2.24) is 4.98 Å². The Balaban J connectivity index is 1.76. The summed E-state index contributed by atoms with van der Waals surface area (Å²) in [6.45, 7) is 0. The van der Waals surface area contributed by atoms with Crippen molar-refractivity contribution in [2.45, 2.75) is 31.7 Å². The fourth-order valence-corrected chi connectivity index (χ4v) is 2.89. The highest BCUT2D eigenvalue weighted by molar-refractivity contribution is 9.10. The molecule has 1 aromatic rings. The Morgan fingerprint density at radius 3 is 2.44 bits per heavy atom. The zero-order chi connectivity index (χ0) is 11.1. The maximum Gasteiger partial charge on any atom is 0.145 e. The summed E-state index contributed by atoms with van der Waals surface area (Å²) >= 11 is 9.54. The highest BCUT2D eigenvalue weighted by Gasteiger charge is 2.41. The van der Waals surface area contributed by atoms with Crippen LogP contribution in [0.25, 0.3) is 0 Å². The summed E-state index contributed by atoms with van der Waals surface area (Å²) in [6.07, 6.45) is 7.25. The maximum absolute atomic E-state index is 6.17. The molecule has 2 nitrogen and oxygen atoms in total. The zero-order valence-corrected chi connectivity index (χ0v) is 11.3. The van der Waals surface area contributed by atoms with Gasteiger partial charge in [0, 0.05) is 16.7 Å². The molecule has 0 bridgehead atoms. The van der Waals surface area contributed by atoms with Gasteiger partial charge in [-0.2, -0.15) is 0 Å². The number of aromatic nitrogens is 1. The molecule has 1 aromatic heterocycles. The molecule has 0 saturated heterocycles. The van der Waals surface area contributed by atoms with Crippen molar-refractivity contribution in [3.8, 4) is 0 Å². The molecule has 0 unspecified atom stereocenters. The van der Waals surface area contributed by atoms with Crippen LogP contribution in [0.1, 0.15) is 25.7 Å². The lowest BCUT2D eigenvalue weighted by atomic mass is 10.1. The highest BCUT2D eigenvalue weighted by Crippen LogP contribution is 2.46. The molecule has 0 radical (unpaired) electrons. The third-order valence-corrected chi connectivity index (χ3v) is 4.09. The molecule has 0 spiro atoms. The fraction of sp³-hybridized carbons (Fsp3) is 0.583. The van der Waals surface area contributed by atoms with Crippen LogP contribution >= 0.6 is 27.5 Å². The molecule has 3 rings (SSSR count). The van der Waals surface area contributed by atoms with Gasteiger partial charge in [-0.15, -0.1) is 0 Å². The quantitative estimate of drug-likeness (QED) is 0.905. The molecule has 2 fully saturated rings. The second kappa shape index (κ2) is 4.19. The van der Waals surface area contributed by atoms with Crippen LogP contribution in [0.2, 0.25) is 5.02 Å². The van der Waals surface area contributed by atoms with E-state index in [2.05, 4.69) is 26.2 Å². The first-order chi connectivity index (χ1) is 7.74. The van der Waals surface area contributed by atoms with Gasteiger partial charge in [0.15, 0.2) is 0 Å². The largest absolute Gasteiger partial charge is 0.366 e. The Labute approximate surface area is 109 Å². The fourth-order valence-electron chi connectivity index (χ4n) is 2.21. The molecule has 1 heterocycles. The molecule has 0 amide bonds. The average molecular weight is 302 g/mol. The number of nitrogens with one attached hydrogen (secondary N) is 1. The molecule has 2 saturated carbocycles. The molecule has 86 valence electrons. The third kappa shape index (κ3) is 2.35. The molecule has 0 atom stereocenters. The van der Waals surface area contributed by atoms with E-state index in [4.69, 9.17) is 11.6 Å². The van der Waals surface area contributed by atoms with E-state index in [1.165, 1.54) is 25.7 Å². The zero-order valence-electron chi connectivity index (χ0n) is 8.92. The Hall–Kier alpha value is -0.280. The van der Waals surface area contributed by atoms with Gasteiger partial charge in [0.05, 0.1) is 5.02 Å². The normalized spacial score (nSPS) is 20.2. The van der Waals surface area contributed by atoms with E-state index >= 15 is 0 Å². The first-order valence-corrected chi connectivity index (χ1v) is 6.99.